The summed E-state index contributed by atoms with van der Waals surface area (Å²) >= 11 is 7.45. The normalized spacial score (nSPS) is 10.3. The molecular formula is C9H12BrNOS. The summed E-state index contributed by atoms with van der Waals surface area (Å²) in [7, 11) is 0. The molecule has 1 aromatic rings. The molecule has 0 unspecified atom stereocenters. The number of hydrogen-bond donors (Lipinski definition) is 1. The molecule has 1 rings (SSSR count). The van der Waals surface area contributed by atoms with E-state index in [4.69, 9.17) is 0 Å². The molecule has 0 bridgehead atoms. The predicted octanol–water partition coefficient (Wildman–Crippen LogP) is 2.32. The largest absolute Gasteiger partial charge is 0.314 e. The zero-order chi connectivity index (χ0) is 9.68. The number of nitrogens with zero attached hydrogens (tertiary/aromatic N) is 1. The summed E-state index contributed by atoms with van der Waals surface area (Å²) in [5.74, 6) is 0.878. The van der Waals surface area contributed by atoms with Gasteiger partial charge in [-0.05, 0) is 40.6 Å². The van der Waals surface area contributed by atoms with E-state index in [0.29, 0.717) is 0 Å². The monoisotopic (exact) mass is 261 g/mol. The Balaban J connectivity index is 2.65. The minimum atomic E-state index is 0.0577. The van der Waals surface area contributed by atoms with Crippen LogP contribution in [0.4, 0.5) is 0 Å². The lowest BCUT2D eigenvalue weighted by molar-refractivity contribution is 0.615. The van der Waals surface area contributed by atoms with Crippen molar-refractivity contribution in [3.8, 4) is 0 Å². The van der Waals surface area contributed by atoms with E-state index in [0.717, 1.165) is 29.6 Å². The molecule has 0 aliphatic heterocycles. The highest BCUT2D eigenvalue weighted by molar-refractivity contribution is 9.10. The van der Waals surface area contributed by atoms with E-state index in [1.165, 1.54) is 0 Å². The van der Waals surface area contributed by atoms with Crippen LogP contribution in [0.1, 0.15) is 12.8 Å². The fourth-order valence-corrected chi connectivity index (χ4v) is 1.67. The molecule has 0 aliphatic carbocycles. The predicted molar refractivity (Wildman–Crippen MR) is 61.5 cm³/mol. The van der Waals surface area contributed by atoms with Gasteiger partial charge in [-0.25, -0.2) is 0 Å². The lowest BCUT2D eigenvalue weighted by Gasteiger charge is -2.04. The number of aryl methyl sites for hydroxylation is 1. The van der Waals surface area contributed by atoms with Gasteiger partial charge in [0.05, 0.1) is 0 Å². The first-order chi connectivity index (χ1) is 6.24. The Bertz CT molecular complexity index is 324. The Morgan fingerprint density at radius 3 is 2.85 bits per heavy atom. The third-order valence-electron chi connectivity index (χ3n) is 1.75. The highest BCUT2D eigenvalue weighted by Crippen LogP contribution is 2.05. The van der Waals surface area contributed by atoms with E-state index < -0.39 is 0 Å². The SMILES string of the molecule is O=c1ccc(Br)cn1CCCCS. The third kappa shape index (κ3) is 3.56. The Hall–Kier alpha value is -0.220. The Labute approximate surface area is 91.5 Å². The highest BCUT2D eigenvalue weighted by Gasteiger charge is 1.95. The van der Waals surface area contributed by atoms with Crippen LogP contribution >= 0.6 is 28.6 Å². The lowest BCUT2D eigenvalue weighted by atomic mass is 10.3. The van der Waals surface area contributed by atoms with Gasteiger partial charge in [0, 0.05) is 23.3 Å². The van der Waals surface area contributed by atoms with Crippen LogP contribution in [0.15, 0.2) is 27.6 Å². The van der Waals surface area contributed by atoms with Gasteiger partial charge >= 0.3 is 0 Å². The molecule has 1 aromatic heterocycles. The number of halogens is 1. The molecule has 0 amide bonds. The minimum absolute atomic E-state index is 0.0577. The molecule has 2 nitrogen and oxygen atoms in total. The van der Waals surface area contributed by atoms with Crippen molar-refractivity contribution in [1.29, 1.82) is 0 Å². The average Bonchev–Trinajstić information content (AvgIpc) is 2.11. The molecule has 0 saturated carbocycles. The first-order valence-electron chi connectivity index (χ1n) is 4.21. The van der Waals surface area contributed by atoms with Crippen LogP contribution in [0.3, 0.4) is 0 Å². The molecule has 0 N–H and O–H groups in total. The van der Waals surface area contributed by atoms with Gasteiger partial charge in [0.25, 0.3) is 5.56 Å². The van der Waals surface area contributed by atoms with Gasteiger partial charge in [0.2, 0.25) is 0 Å². The zero-order valence-corrected chi connectivity index (χ0v) is 9.72. The molecule has 0 atom stereocenters. The summed E-state index contributed by atoms with van der Waals surface area (Å²) in [5, 5.41) is 0. The van der Waals surface area contributed by atoms with E-state index in [1.807, 2.05) is 6.20 Å². The summed E-state index contributed by atoms with van der Waals surface area (Å²) in [4.78, 5) is 11.3. The summed E-state index contributed by atoms with van der Waals surface area (Å²) in [6.45, 7) is 0.777. The Morgan fingerprint density at radius 1 is 1.38 bits per heavy atom. The number of aromatic nitrogens is 1. The van der Waals surface area contributed by atoms with Crippen LogP contribution in [-0.2, 0) is 6.54 Å². The van der Waals surface area contributed by atoms with Crippen LogP contribution in [-0.4, -0.2) is 10.3 Å². The Morgan fingerprint density at radius 2 is 2.15 bits per heavy atom. The van der Waals surface area contributed by atoms with Crippen LogP contribution < -0.4 is 5.56 Å². The lowest BCUT2D eigenvalue weighted by Crippen LogP contribution is -2.18. The summed E-state index contributed by atoms with van der Waals surface area (Å²) in [6.07, 6.45) is 3.86. The van der Waals surface area contributed by atoms with Crippen molar-refractivity contribution < 1.29 is 0 Å². The maximum absolute atomic E-state index is 11.3. The second-order valence-electron chi connectivity index (χ2n) is 2.81. The fraction of sp³-hybridized carbons (Fsp3) is 0.444. The highest BCUT2D eigenvalue weighted by atomic mass is 79.9. The summed E-state index contributed by atoms with van der Waals surface area (Å²) < 4.78 is 2.66. The molecule has 0 fully saturated rings. The minimum Gasteiger partial charge on any atom is -0.314 e. The molecule has 0 radical (unpaired) electrons. The smallest absolute Gasteiger partial charge is 0.250 e. The van der Waals surface area contributed by atoms with Crippen LogP contribution in [0.5, 0.6) is 0 Å². The summed E-state index contributed by atoms with van der Waals surface area (Å²) in [6, 6.07) is 3.34. The van der Waals surface area contributed by atoms with Crippen molar-refractivity contribution in [3.05, 3.63) is 33.2 Å². The molecule has 0 spiro atoms. The van der Waals surface area contributed by atoms with Crippen LogP contribution in [0.2, 0.25) is 0 Å². The number of hydrogen-bond acceptors (Lipinski definition) is 2. The molecule has 4 heteroatoms. The second-order valence-corrected chi connectivity index (χ2v) is 4.17. The quantitative estimate of drug-likeness (QED) is 0.652. The molecule has 1 heterocycles. The molecule has 13 heavy (non-hydrogen) atoms. The van der Waals surface area contributed by atoms with Gasteiger partial charge in [-0.15, -0.1) is 0 Å². The van der Waals surface area contributed by atoms with Gasteiger partial charge in [-0.3, -0.25) is 4.79 Å². The second kappa shape index (κ2) is 5.50. The topological polar surface area (TPSA) is 22.0 Å². The van der Waals surface area contributed by atoms with Gasteiger partial charge in [0.15, 0.2) is 0 Å². The molecule has 72 valence electrons. The van der Waals surface area contributed by atoms with Crippen molar-refractivity contribution >= 4 is 28.6 Å². The maximum atomic E-state index is 11.3. The van der Waals surface area contributed by atoms with Gasteiger partial charge < -0.3 is 4.57 Å². The van der Waals surface area contributed by atoms with E-state index in [1.54, 1.807) is 16.7 Å². The molecule has 0 aromatic carbocycles. The van der Waals surface area contributed by atoms with Crippen molar-refractivity contribution in [2.75, 3.05) is 5.75 Å². The first kappa shape index (κ1) is 10.9. The summed E-state index contributed by atoms with van der Waals surface area (Å²) in [5.41, 5.74) is 0.0577. The average molecular weight is 262 g/mol. The van der Waals surface area contributed by atoms with E-state index in [-0.39, 0.29) is 5.56 Å². The number of pyridine rings is 1. The van der Waals surface area contributed by atoms with Gasteiger partial charge in [-0.1, -0.05) is 0 Å². The van der Waals surface area contributed by atoms with Gasteiger partial charge in [-0.2, -0.15) is 12.6 Å². The van der Waals surface area contributed by atoms with E-state index in [9.17, 15) is 4.79 Å². The first-order valence-corrected chi connectivity index (χ1v) is 5.63. The van der Waals surface area contributed by atoms with Gasteiger partial charge in [0.1, 0.15) is 0 Å². The van der Waals surface area contributed by atoms with Crippen molar-refractivity contribution in [3.63, 3.8) is 0 Å². The van der Waals surface area contributed by atoms with Crippen molar-refractivity contribution in [2.45, 2.75) is 19.4 Å². The van der Waals surface area contributed by atoms with Crippen LogP contribution in [0, 0.1) is 0 Å². The standard InChI is InChI=1S/C9H12BrNOS/c10-8-3-4-9(12)11(7-8)5-1-2-6-13/h3-4,7,13H,1-2,5-6H2. The fourth-order valence-electron chi connectivity index (χ4n) is 1.07. The van der Waals surface area contributed by atoms with E-state index >= 15 is 0 Å². The zero-order valence-electron chi connectivity index (χ0n) is 7.24. The third-order valence-corrected chi connectivity index (χ3v) is 2.54. The number of unbranched alkanes of at least 4 members (excludes halogenated alkanes) is 1. The maximum Gasteiger partial charge on any atom is 0.250 e. The van der Waals surface area contributed by atoms with Crippen molar-refractivity contribution in [2.24, 2.45) is 0 Å². The molecule has 0 aliphatic rings. The van der Waals surface area contributed by atoms with Crippen molar-refractivity contribution in [1.82, 2.24) is 4.57 Å². The molecular weight excluding hydrogens is 250 g/mol. The number of thiol groups is 1. The molecule has 0 saturated heterocycles. The number of rotatable bonds is 4. The Kier molecular flexibility index (Phi) is 4.59. The van der Waals surface area contributed by atoms with Crippen LogP contribution in [0.25, 0.3) is 0 Å². The van der Waals surface area contributed by atoms with E-state index in [2.05, 4.69) is 28.6 Å².